The Kier molecular flexibility index (Phi) is 5.60. The lowest BCUT2D eigenvalue weighted by Gasteiger charge is -2.47. The molecule has 0 aromatic heterocycles. The number of hydrogen-bond acceptors (Lipinski definition) is 5. The third-order valence-electron chi connectivity index (χ3n) is 8.92. The summed E-state index contributed by atoms with van der Waals surface area (Å²) in [7, 11) is 1.60. The van der Waals surface area contributed by atoms with Gasteiger partial charge in [0, 0.05) is 22.4 Å². The zero-order chi connectivity index (χ0) is 23.5. The number of carbonyl (C=O) groups excluding carboxylic acids is 2. The largest absolute Gasteiger partial charge is 0.455 e. The lowest BCUT2D eigenvalue weighted by atomic mass is 9.68. The summed E-state index contributed by atoms with van der Waals surface area (Å²) in [6.45, 7) is 4.63. The van der Waals surface area contributed by atoms with Crippen molar-refractivity contribution in [2.24, 2.45) is 23.7 Å². The topological polar surface area (TPSA) is 64.6 Å². The molecule has 6 rings (SSSR count). The number of nitrogens with one attached hydrogen (secondary N) is 1. The number of fused-ring (bicyclic) bond motifs is 9. The van der Waals surface area contributed by atoms with Crippen LogP contribution in [0.15, 0.2) is 60.7 Å². The van der Waals surface area contributed by atoms with Crippen molar-refractivity contribution >= 4 is 29.1 Å². The van der Waals surface area contributed by atoms with Crippen molar-refractivity contribution in [1.29, 1.82) is 0 Å². The van der Waals surface area contributed by atoms with Gasteiger partial charge >= 0.3 is 11.9 Å². The summed E-state index contributed by atoms with van der Waals surface area (Å²) in [5, 5.41) is 4.39. The first-order chi connectivity index (χ1) is 16.5. The van der Waals surface area contributed by atoms with Crippen LogP contribution in [0.4, 0.5) is 0 Å². The fourth-order valence-electron chi connectivity index (χ4n) is 7.61. The van der Waals surface area contributed by atoms with Gasteiger partial charge in [0.05, 0.1) is 11.1 Å². The van der Waals surface area contributed by atoms with E-state index in [9.17, 15) is 9.59 Å². The van der Waals surface area contributed by atoms with Crippen LogP contribution in [0, 0.1) is 23.7 Å². The fraction of sp³-hybridized carbons (Fsp3) is 0.481. The van der Waals surface area contributed by atoms with Crippen LogP contribution in [0.1, 0.15) is 40.0 Å². The zero-order valence-corrected chi connectivity index (χ0v) is 21.5. The van der Waals surface area contributed by atoms with Crippen LogP contribution in [-0.2, 0) is 9.47 Å². The molecule has 2 heterocycles. The van der Waals surface area contributed by atoms with Crippen LogP contribution in [0.5, 0.6) is 0 Å². The predicted molar refractivity (Wildman–Crippen MR) is 136 cm³/mol. The van der Waals surface area contributed by atoms with E-state index in [1.54, 1.807) is 24.3 Å². The molecule has 1 N–H and O–H groups in total. The van der Waals surface area contributed by atoms with Crippen molar-refractivity contribution in [3.05, 3.63) is 71.8 Å². The summed E-state index contributed by atoms with van der Waals surface area (Å²) in [5.74, 6) is 0.729. The Labute approximate surface area is 204 Å². The average Bonchev–Trinajstić information content (AvgIpc) is 3.62. The zero-order valence-electron chi connectivity index (χ0n) is 19.5. The maximum atomic E-state index is 13.1. The summed E-state index contributed by atoms with van der Waals surface area (Å²) < 4.78 is 12.4. The Hall–Kier alpha value is -1.80. The number of rotatable bonds is 6. The van der Waals surface area contributed by atoms with Crippen LogP contribution < -0.4 is 5.32 Å². The van der Waals surface area contributed by atoms with E-state index in [1.807, 2.05) is 36.4 Å². The minimum Gasteiger partial charge on any atom is -0.455 e. The molecule has 2 aliphatic carbocycles. The smallest absolute Gasteiger partial charge is 0.338 e. The Morgan fingerprint density at radius 1 is 0.765 bits per heavy atom. The summed E-state index contributed by atoms with van der Waals surface area (Å²) in [6, 6.07) is 18.3. The molecule has 7 heteroatoms. The summed E-state index contributed by atoms with van der Waals surface area (Å²) in [4.78, 5) is 26.2. The van der Waals surface area contributed by atoms with E-state index < -0.39 is 12.2 Å². The van der Waals surface area contributed by atoms with Crippen LogP contribution >= 0.6 is 17.2 Å². The molecule has 4 fully saturated rings. The van der Waals surface area contributed by atoms with E-state index in [2.05, 4.69) is 18.6 Å². The minimum absolute atomic E-state index is 0.138. The normalized spacial score (nSPS) is 39.8. The van der Waals surface area contributed by atoms with E-state index in [1.165, 1.54) is 12.8 Å². The Morgan fingerprint density at radius 3 is 1.56 bits per heavy atom. The van der Waals surface area contributed by atoms with E-state index >= 15 is 0 Å². The standard InChI is InChI=1S/C27H31NO4P2/c1-33-26-13-14-27(28-26,34-2)21-19-15-18(20(21)26)22(31-24(29)16-9-5-3-6-10-16)23(19)32-25(30)17-11-7-4-8-12-17/h3-12,18-23,28,33-34H,13-15H2,1-2H3. The number of carbonyl (C=O) groups is 2. The quantitative estimate of drug-likeness (QED) is 0.464. The van der Waals surface area contributed by atoms with Gasteiger partial charge < -0.3 is 9.47 Å². The summed E-state index contributed by atoms with van der Waals surface area (Å²) >= 11 is 0. The number of benzene rings is 2. The van der Waals surface area contributed by atoms with Crippen molar-refractivity contribution < 1.29 is 19.1 Å². The van der Waals surface area contributed by atoms with Gasteiger partial charge in [0.2, 0.25) is 0 Å². The molecule has 34 heavy (non-hydrogen) atoms. The number of hydrogen-bond donors (Lipinski definition) is 1. The molecule has 4 aliphatic rings. The third-order valence-corrected chi connectivity index (χ3v) is 12.1. The molecule has 2 saturated carbocycles. The molecule has 2 aromatic rings. The fourth-order valence-corrected chi connectivity index (χ4v) is 10.6. The molecule has 2 saturated heterocycles. The van der Waals surface area contributed by atoms with Crippen molar-refractivity contribution in [3.8, 4) is 0 Å². The molecule has 4 bridgehead atoms. The van der Waals surface area contributed by atoms with Gasteiger partial charge in [-0.2, -0.15) is 0 Å². The molecule has 10 atom stereocenters. The first-order valence-electron chi connectivity index (χ1n) is 12.2. The molecule has 10 unspecified atom stereocenters. The summed E-state index contributed by atoms with van der Waals surface area (Å²) in [5.41, 5.74) is 1.08. The van der Waals surface area contributed by atoms with Crippen molar-refractivity contribution in [3.63, 3.8) is 0 Å². The maximum absolute atomic E-state index is 13.1. The maximum Gasteiger partial charge on any atom is 0.338 e. The van der Waals surface area contributed by atoms with Crippen LogP contribution in [0.25, 0.3) is 0 Å². The molecular formula is C27H31NO4P2. The second kappa shape index (κ2) is 8.40. The molecule has 178 valence electrons. The van der Waals surface area contributed by atoms with Crippen LogP contribution in [0.2, 0.25) is 0 Å². The number of esters is 2. The number of ether oxygens (including phenoxy) is 2. The van der Waals surface area contributed by atoms with Gasteiger partial charge in [0.25, 0.3) is 0 Å². The van der Waals surface area contributed by atoms with Crippen molar-refractivity contribution in [1.82, 2.24) is 5.32 Å². The Balaban J connectivity index is 1.34. The van der Waals surface area contributed by atoms with Gasteiger partial charge in [0.15, 0.2) is 0 Å². The summed E-state index contributed by atoms with van der Waals surface area (Å²) in [6.07, 6.45) is 2.55. The highest BCUT2D eigenvalue weighted by atomic mass is 31.1. The lowest BCUT2D eigenvalue weighted by molar-refractivity contribution is -0.0853. The van der Waals surface area contributed by atoms with E-state index in [4.69, 9.17) is 9.47 Å². The molecule has 0 radical (unpaired) electrons. The second-order valence-electron chi connectivity index (χ2n) is 10.2. The van der Waals surface area contributed by atoms with Crippen LogP contribution in [-0.4, -0.2) is 48.0 Å². The van der Waals surface area contributed by atoms with Gasteiger partial charge in [-0.05, 0) is 68.7 Å². The molecule has 0 spiro atoms. The molecular weight excluding hydrogens is 464 g/mol. The first kappa shape index (κ1) is 22.7. The lowest BCUT2D eigenvalue weighted by Crippen LogP contribution is -2.53. The van der Waals surface area contributed by atoms with Gasteiger partial charge in [0.1, 0.15) is 12.2 Å². The van der Waals surface area contributed by atoms with E-state index in [-0.39, 0.29) is 34.3 Å². The highest BCUT2D eigenvalue weighted by Gasteiger charge is 2.76. The Bertz CT molecular complexity index is 1010. The van der Waals surface area contributed by atoms with E-state index in [0.29, 0.717) is 23.0 Å². The molecule has 5 nitrogen and oxygen atoms in total. The van der Waals surface area contributed by atoms with Crippen molar-refractivity contribution in [2.75, 3.05) is 13.3 Å². The van der Waals surface area contributed by atoms with E-state index in [0.717, 1.165) is 23.6 Å². The SMILES string of the molecule is CPC12CCC(PC)(N1)C1C3CC(C(OC(=O)c4ccccc4)C3OC(=O)c3ccccc3)C12. The molecule has 2 aliphatic heterocycles. The monoisotopic (exact) mass is 495 g/mol. The third kappa shape index (κ3) is 3.24. The highest BCUT2D eigenvalue weighted by Crippen LogP contribution is 2.74. The minimum atomic E-state index is -0.404. The molecule has 2 aromatic carbocycles. The van der Waals surface area contributed by atoms with Crippen LogP contribution in [0.3, 0.4) is 0 Å². The first-order valence-corrected chi connectivity index (χ1v) is 15.2. The van der Waals surface area contributed by atoms with Gasteiger partial charge in [-0.3, -0.25) is 5.32 Å². The van der Waals surface area contributed by atoms with Gasteiger partial charge in [-0.15, -0.1) is 17.2 Å². The highest BCUT2D eigenvalue weighted by molar-refractivity contribution is 7.40. The van der Waals surface area contributed by atoms with Crippen molar-refractivity contribution in [2.45, 2.75) is 42.0 Å². The Morgan fingerprint density at radius 2 is 1.18 bits per heavy atom. The predicted octanol–water partition coefficient (Wildman–Crippen LogP) is 4.73. The van der Waals surface area contributed by atoms with Gasteiger partial charge in [-0.25, -0.2) is 9.59 Å². The van der Waals surface area contributed by atoms with Gasteiger partial charge in [-0.1, -0.05) is 36.4 Å². The molecule has 0 amide bonds. The second-order valence-corrected chi connectivity index (χ2v) is 12.9. The average molecular weight is 495 g/mol.